The first-order chi connectivity index (χ1) is 10.9. The zero-order valence-electron chi connectivity index (χ0n) is 12.8. The third-order valence-electron chi connectivity index (χ3n) is 3.74. The van der Waals surface area contributed by atoms with Crippen LogP contribution in [0.3, 0.4) is 0 Å². The molecule has 1 N–H and O–H groups in total. The number of hydrogen-bond donors (Lipinski definition) is 1. The first kappa shape index (κ1) is 16.7. The molecule has 23 heavy (non-hydrogen) atoms. The van der Waals surface area contributed by atoms with Crippen LogP contribution in [0.1, 0.15) is 12.8 Å². The van der Waals surface area contributed by atoms with Crippen molar-refractivity contribution in [1.29, 1.82) is 0 Å². The van der Waals surface area contributed by atoms with Gasteiger partial charge in [0.05, 0.1) is 16.5 Å². The molecule has 1 aliphatic heterocycles. The number of thiazole rings is 1. The van der Waals surface area contributed by atoms with Gasteiger partial charge in [-0.3, -0.25) is 4.79 Å². The number of fused-ring (bicyclic) bond motifs is 1. The van der Waals surface area contributed by atoms with E-state index in [-0.39, 0.29) is 5.91 Å². The molecule has 9 heteroatoms. The van der Waals surface area contributed by atoms with E-state index in [1.54, 1.807) is 29.2 Å². The molecule has 2 heterocycles. The van der Waals surface area contributed by atoms with Gasteiger partial charge in [0.2, 0.25) is 15.9 Å². The number of sulfonamides is 1. The Morgan fingerprint density at radius 3 is 2.96 bits per heavy atom. The summed E-state index contributed by atoms with van der Waals surface area (Å²) >= 11 is 3.15. The Morgan fingerprint density at radius 1 is 1.48 bits per heavy atom. The molecule has 0 radical (unpaired) electrons. The van der Waals surface area contributed by atoms with Crippen molar-refractivity contribution < 1.29 is 13.2 Å². The van der Waals surface area contributed by atoms with Gasteiger partial charge in [0, 0.05) is 12.2 Å². The van der Waals surface area contributed by atoms with E-state index in [0.717, 1.165) is 20.8 Å². The lowest BCUT2D eigenvalue weighted by atomic mass is 10.2. The predicted molar refractivity (Wildman–Crippen MR) is 94.6 cm³/mol. The number of anilines is 1. The molecule has 1 amide bonds. The highest BCUT2D eigenvalue weighted by Crippen LogP contribution is 2.30. The molecule has 0 unspecified atom stereocenters. The lowest BCUT2D eigenvalue weighted by molar-refractivity contribution is -0.119. The molecule has 1 aliphatic rings. The van der Waals surface area contributed by atoms with Crippen LogP contribution in [0.25, 0.3) is 10.2 Å². The van der Waals surface area contributed by atoms with Gasteiger partial charge in [-0.15, -0.1) is 11.3 Å². The van der Waals surface area contributed by atoms with Crippen LogP contribution in [-0.4, -0.2) is 48.7 Å². The van der Waals surface area contributed by atoms with Gasteiger partial charge in [-0.25, -0.2) is 13.4 Å². The standard InChI is InChI=1S/C14H17N3O3S3/c1-21-14-16-10-6-5-9(8-12(10)22-14)15-13(18)11-4-3-7-17(11)23(2,19)20/h5-6,8,11H,3-4,7H2,1-2H3,(H,15,18)/t11-/m1/s1. The lowest BCUT2D eigenvalue weighted by Crippen LogP contribution is -2.42. The second kappa shape index (κ2) is 6.39. The van der Waals surface area contributed by atoms with Crippen molar-refractivity contribution in [1.82, 2.24) is 9.29 Å². The second-order valence-corrected chi connectivity index (χ2v) is 9.41. The summed E-state index contributed by atoms with van der Waals surface area (Å²) in [6.07, 6.45) is 4.38. The topological polar surface area (TPSA) is 79.4 Å². The molecule has 6 nitrogen and oxygen atoms in total. The second-order valence-electron chi connectivity index (χ2n) is 5.39. The molecule has 1 aromatic heterocycles. The summed E-state index contributed by atoms with van der Waals surface area (Å²) in [6, 6.07) is 4.92. The van der Waals surface area contributed by atoms with Crippen LogP contribution in [-0.2, 0) is 14.8 Å². The number of rotatable bonds is 4. The monoisotopic (exact) mass is 371 g/mol. The number of carbonyl (C=O) groups excluding carboxylic acids is 1. The Balaban J connectivity index is 1.79. The van der Waals surface area contributed by atoms with Crippen molar-refractivity contribution in [3.05, 3.63) is 18.2 Å². The van der Waals surface area contributed by atoms with Crippen LogP contribution in [0.15, 0.2) is 22.5 Å². The summed E-state index contributed by atoms with van der Waals surface area (Å²) in [4.78, 5) is 16.9. The maximum atomic E-state index is 12.4. The highest BCUT2D eigenvalue weighted by Gasteiger charge is 2.36. The molecule has 1 aromatic carbocycles. The Kier molecular flexibility index (Phi) is 4.63. The summed E-state index contributed by atoms with van der Waals surface area (Å²) in [5.41, 5.74) is 1.56. The summed E-state index contributed by atoms with van der Waals surface area (Å²) in [5.74, 6) is -0.276. The molecular formula is C14H17N3O3S3. The van der Waals surface area contributed by atoms with Crippen LogP contribution in [0, 0.1) is 0 Å². The van der Waals surface area contributed by atoms with Crippen molar-refractivity contribution >= 4 is 54.9 Å². The fourth-order valence-electron chi connectivity index (χ4n) is 2.69. The van der Waals surface area contributed by atoms with E-state index in [1.165, 1.54) is 4.31 Å². The molecule has 2 aromatic rings. The Hall–Kier alpha value is -1.16. The largest absolute Gasteiger partial charge is 0.325 e. The minimum atomic E-state index is -3.36. The average molecular weight is 372 g/mol. The maximum Gasteiger partial charge on any atom is 0.242 e. The molecular weight excluding hydrogens is 354 g/mol. The first-order valence-electron chi connectivity index (χ1n) is 7.11. The van der Waals surface area contributed by atoms with E-state index in [2.05, 4.69) is 10.3 Å². The molecule has 124 valence electrons. The van der Waals surface area contributed by atoms with Crippen LogP contribution in [0.2, 0.25) is 0 Å². The highest BCUT2D eigenvalue weighted by molar-refractivity contribution is 8.00. The smallest absolute Gasteiger partial charge is 0.242 e. The van der Waals surface area contributed by atoms with Gasteiger partial charge >= 0.3 is 0 Å². The fraction of sp³-hybridized carbons (Fsp3) is 0.429. The van der Waals surface area contributed by atoms with Gasteiger partial charge in [0.1, 0.15) is 6.04 Å². The summed E-state index contributed by atoms with van der Waals surface area (Å²) in [6.45, 7) is 0.405. The van der Waals surface area contributed by atoms with E-state index in [4.69, 9.17) is 0 Å². The maximum absolute atomic E-state index is 12.4. The van der Waals surface area contributed by atoms with Gasteiger partial charge in [-0.1, -0.05) is 11.8 Å². The summed E-state index contributed by atoms with van der Waals surface area (Å²) < 4.78 is 26.7. The molecule has 1 saturated heterocycles. The Labute approximate surface area is 143 Å². The average Bonchev–Trinajstić information content (AvgIpc) is 3.12. The number of nitrogens with one attached hydrogen (secondary N) is 1. The Morgan fingerprint density at radius 2 is 2.26 bits per heavy atom. The van der Waals surface area contributed by atoms with Crippen molar-refractivity contribution in [3.8, 4) is 0 Å². The van der Waals surface area contributed by atoms with Gasteiger partial charge in [-0.05, 0) is 37.3 Å². The molecule has 1 atom stereocenters. The van der Waals surface area contributed by atoms with E-state index >= 15 is 0 Å². The number of aromatic nitrogens is 1. The quantitative estimate of drug-likeness (QED) is 0.835. The number of carbonyl (C=O) groups is 1. The molecule has 0 aliphatic carbocycles. The SMILES string of the molecule is CSc1nc2ccc(NC(=O)[C@H]3CCCN3S(C)(=O)=O)cc2s1. The minimum Gasteiger partial charge on any atom is -0.325 e. The minimum absolute atomic E-state index is 0.276. The fourth-order valence-corrected chi connectivity index (χ4v) is 5.35. The van der Waals surface area contributed by atoms with E-state index in [0.29, 0.717) is 25.1 Å². The molecule has 0 spiro atoms. The van der Waals surface area contributed by atoms with Crippen LogP contribution >= 0.6 is 23.1 Å². The highest BCUT2D eigenvalue weighted by atomic mass is 32.2. The van der Waals surface area contributed by atoms with Gasteiger partial charge in [0.25, 0.3) is 0 Å². The van der Waals surface area contributed by atoms with Crippen LogP contribution in [0.4, 0.5) is 5.69 Å². The van der Waals surface area contributed by atoms with Crippen molar-refractivity contribution in [2.75, 3.05) is 24.4 Å². The lowest BCUT2D eigenvalue weighted by Gasteiger charge is -2.21. The normalized spacial score (nSPS) is 19.3. The van der Waals surface area contributed by atoms with E-state index in [1.807, 2.05) is 18.4 Å². The predicted octanol–water partition coefficient (Wildman–Crippen LogP) is 2.38. The number of hydrogen-bond acceptors (Lipinski definition) is 6. The van der Waals surface area contributed by atoms with Crippen LogP contribution in [0.5, 0.6) is 0 Å². The van der Waals surface area contributed by atoms with E-state index in [9.17, 15) is 13.2 Å². The summed E-state index contributed by atoms with van der Waals surface area (Å²) in [5, 5.41) is 2.83. The number of nitrogens with zero attached hydrogens (tertiary/aromatic N) is 2. The van der Waals surface area contributed by atoms with Crippen molar-refractivity contribution in [2.45, 2.75) is 23.2 Å². The van der Waals surface area contributed by atoms with E-state index < -0.39 is 16.1 Å². The first-order valence-corrected chi connectivity index (χ1v) is 11.0. The molecule has 0 bridgehead atoms. The third-order valence-corrected chi connectivity index (χ3v) is 7.04. The van der Waals surface area contributed by atoms with Gasteiger partial charge in [-0.2, -0.15) is 4.31 Å². The molecule has 1 fully saturated rings. The Bertz CT molecular complexity index is 847. The zero-order valence-corrected chi connectivity index (χ0v) is 15.2. The summed E-state index contributed by atoms with van der Waals surface area (Å²) in [7, 11) is -3.36. The van der Waals surface area contributed by atoms with Gasteiger partial charge in [0.15, 0.2) is 4.34 Å². The third kappa shape index (κ3) is 3.52. The number of amides is 1. The zero-order chi connectivity index (χ0) is 16.6. The number of thioether (sulfide) groups is 1. The van der Waals surface area contributed by atoms with Crippen LogP contribution < -0.4 is 5.32 Å². The van der Waals surface area contributed by atoms with Crippen molar-refractivity contribution in [2.24, 2.45) is 0 Å². The van der Waals surface area contributed by atoms with Gasteiger partial charge < -0.3 is 5.32 Å². The number of benzene rings is 1. The molecule has 3 rings (SSSR count). The van der Waals surface area contributed by atoms with Crippen molar-refractivity contribution in [3.63, 3.8) is 0 Å². The molecule has 0 saturated carbocycles.